The Labute approximate surface area is 111 Å². The maximum absolute atomic E-state index is 12.2. The predicted molar refractivity (Wildman–Crippen MR) is 70.6 cm³/mol. The summed E-state index contributed by atoms with van der Waals surface area (Å²) in [4.78, 5) is 9.99. The van der Waals surface area contributed by atoms with Crippen molar-refractivity contribution in [2.24, 2.45) is 5.73 Å². The van der Waals surface area contributed by atoms with Crippen LogP contribution >= 0.6 is 0 Å². The van der Waals surface area contributed by atoms with E-state index in [1.807, 2.05) is 6.92 Å². The van der Waals surface area contributed by atoms with Crippen LogP contribution in [0.4, 0.5) is 0 Å². The zero-order valence-corrected chi connectivity index (χ0v) is 11.4. The van der Waals surface area contributed by atoms with Crippen LogP contribution in [0.15, 0.2) is 29.6 Å². The van der Waals surface area contributed by atoms with E-state index in [0.717, 1.165) is 0 Å². The maximum Gasteiger partial charge on any atom is 0.242 e. The Balaban J connectivity index is 2.20. The monoisotopic (exact) mass is 283 g/mol. The topological polar surface area (TPSA) is 117 Å². The Hall–Kier alpha value is -1.64. The summed E-state index contributed by atoms with van der Waals surface area (Å²) in [6.45, 7) is 2.16. The van der Waals surface area contributed by atoms with Crippen LogP contribution in [0.1, 0.15) is 30.9 Å². The summed E-state index contributed by atoms with van der Waals surface area (Å²) in [5, 5.41) is 0. The molecule has 19 heavy (non-hydrogen) atoms. The van der Waals surface area contributed by atoms with Crippen LogP contribution in [-0.2, 0) is 16.6 Å². The summed E-state index contributed by atoms with van der Waals surface area (Å²) in [6.07, 6.45) is 5.28. The van der Waals surface area contributed by atoms with E-state index in [9.17, 15) is 8.42 Å². The second kappa shape index (κ2) is 5.55. The van der Waals surface area contributed by atoms with E-state index < -0.39 is 10.0 Å². The number of nitrogens with zero attached hydrogens (tertiary/aromatic N) is 1. The minimum Gasteiger partial charge on any atom is -0.363 e. The lowest BCUT2D eigenvalue weighted by Gasteiger charge is -2.14. The second-order valence-electron chi connectivity index (χ2n) is 4.12. The van der Waals surface area contributed by atoms with Gasteiger partial charge >= 0.3 is 0 Å². The fourth-order valence-corrected chi connectivity index (χ4v) is 3.05. The molecule has 0 saturated carbocycles. The molecule has 2 aromatic heterocycles. The van der Waals surface area contributed by atoms with Crippen molar-refractivity contribution < 1.29 is 8.42 Å². The molecule has 5 N–H and O–H groups in total. The van der Waals surface area contributed by atoms with Crippen LogP contribution in [0.25, 0.3) is 0 Å². The van der Waals surface area contributed by atoms with Crippen LogP contribution in [0.2, 0.25) is 0 Å². The molecule has 0 aliphatic heterocycles. The summed E-state index contributed by atoms with van der Waals surface area (Å²) >= 11 is 0. The molecule has 0 amide bonds. The van der Waals surface area contributed by atoms with Crippen molar-refractivity contribution in [3.05, 3.63) is 36.2 Å². The van der Waals surface area contributed by atoms with Gasteiger partial charge in [0.2, 0.25) is 10.0 Å². The number of nitrogens with two attached hydrogens (primary N) is 1. The average Bonchev–Trinajstić information content (AvgIpc) is 3.06. The maximum atomic E-state index is 12.2. The van der Waals surface area contributed by atoms with Crippen molar-refractivity contribution in [3.63, 3.8) is 0 Å². The fourth-order valence-electron chi connectivity index (χ4n) is 1.75. The van der Waals surface area contributed by atoms with Crippen LogP contribution in [0, 0.1) is 0 Å². The van der Waals surface area contributed by atoms with E-state index in [0.29, 0.717) is 17.9 Å². The molecule has 0 aromatic carbocycles. The summed E-state index contributed by atoms with van der Waals surface area (Å²) in [5.41, 5.74) is 6.12. The van der Waals surface area contributed by atoms with Crippen LogP contribution in [-0.4, -0.2) is 23.4 Å². The molecule has 0 spiro atoms. The number of sulfonamides is 1. The number of aromatic amines is 2. The van der Waals surface area contributed by atoms with E-state index in [1.165, 1.54) is 12.3 Å². The van der Waals surface area contributed by atoms with Gasteiger partial charge in [0.1, 0.15) is 5.82 Å². The zero-order chi connectivity index (χ0) is 13.9. The highest BCUT2D eigenvalue weighted by Gasteiger charge is 2.22. The summed E-state index contributed by atoms with van der Waals surface area (Å²) in [5.74, 6) is 0.598. The number of hydrogen-bond donors (Lipinski definition) is 4. The average molecular weight is 283 g/mol. The quantitative estimate of drug-likeness (QED) is 0.622. The number of nitrogens with one attached hydrogen (secondary N) is 3. The molecule has 0 aliphatic rings. The number of imidazole rings is 1. The lowest BCUT2D eigenvalue weighted by molar-refractivity contribution is 0.539. The first kappa shape index (κ1) is 13.8. The highest BCUT2D eigenvalue weighted by molar-refractivity contribution is 7.89. The second-order valence-corrected chi connectivity index (χ2v) is 5.84. The largest absolute Gasteiger partial charge is 0.363 e. The molecule has 0 aliphatic carbocycles. The molecule has 2 heterocycles. The highest BCUT2D eigenvalue weighted by atomic mass is 32.2. The van der Waals surface area contributed by atoms with Gasteiger partial charge in [0.15, 0.2) is 0 Å². The van der Waals surface area contributed by atoms with Gasteiger partial charge in [-0.25, -0.2) is 18.1 Å². The molecule has 104 valence electrons. The first-order valence-electron chi connectivity index (χ1n) is 5.95. The van der Waals surface area contributed by atoms with Crippen molar-refractivity contribution in [1.82, 2.24) is 19.7 Å². The van der Waals surface area contributed by atoms with Gasteiger partial charge in [-0.2, -0.15) is 0 Å². The van der Waals surface area contributed by atoms with Gasteiger partial charge in [-0.05, 0) is 12.5 Å². The molecule has 0 saturated heterocycles. The van der Waals surface area contributed by atoms with Crippen molar-refractivity contribution in [3.8, 4) is 0 Å². The van der Waals surface area contributed by atoms with E-state index in [2.05, 4.69) is 19.7 Å². The molecule has 1 unspecified atom stereocenters. The van der Waals surface area contributed by atoms with Gasteiger partial charge in [-0.15, -0.1) is 0 Å². The van der Waals surface area contributed by atoms with Crippen LogP contribution < -0.4 is 10.5 Å². The SMILES string of the molecule is CCC(NS(=O)(=O)c1c[nH]c(CN)c1)c1ncc[nH]1. The summed E-state index contributed by atoms with van der Waals surface area (Å²) in [7, 11) is -3.58. The predicted octanol–water partition coefficient (Wildman–Crippen LogP) is 0.626. The minimum atomic E-state index is -3.58. The van der Waals surface area contributed by atoms with E-state index in [1.54, 1.807) is 12.4 Å². The Kier molecular flexibility index (Phi) is 4.03. The molecule has 0 fully saturated rings. The smallest absolute Gasteiger partial charge is 0.242 e. The van der Waals surface area contributed by atoms with Gasteiger partial charge in [0.25, 0.3) is 0 Å². The van der Waals surface area contributed by atoms with Crippen LogP contribution in [0.5, 0.6) is 0 Å². The molecular formula is C11H17N5O2S. The molecule has 2 rings (SSSR count). The van der Waals surface area contributed by atoms with Gasteiger partial charge in [0, 0.05) is 30.8 Å². The lowest BCUT2D eigenvalue weighted by atomic mass is 10.2. The van der Waals surface area contributed by atoms with Gasteiger partial charge in [-0.3, -0.25) is 0 Å². The summed E-state index contributed by atoms with van der Waals surface area (Å²) < 4.78 is 27.0. The number of rotatable bonds is 6. The standard InChI is InChI=1S/C11H17N5O2S/c1-2-10(11-13-3-4-14-11)16-19(17,18)9-5-8(6-12)15-7-9/h3-5,7,10,15-16H,2,6,12H2,1H3,(H,13,14). The van der Waals surface area contributed by atoms with Crippen LogP contribution in [0.3, 0.4) is 0 Å². The first-order valence-corrected chi connectivity index (χ1v) is 7.44. The molecule has 2 aromatic rings. The van der Waals surface area contributed by atoms with Crippen molar-refractivity contribution >= 4 is 10.0 Å². The molecule has 1 atom stereocenters. The number of H-pyrrole nitrogens is 2. The Morgan fingerprint density at radius 2 is 2.26 bits per heavy atom. The minimum absolute atomic E-state index is 0.179. The van der Waals surface area contributed by atoms with E-state index in [-0.39, 0.29) is 17.5 Å². The van der Waals surface area contributed by atoms with Gasteiger partial charge < -0.3 is 15.7 Å². The third-order valence-corrected chi connectivity index (χ3v) is 4.25. The van der Waals surface area contributed by atoms with Crippen molar-refractivity contribution in [2.75, 3.05) is 0 Å². The molecule has 8 heteroatoms. The van der Waals surface area contributed by atoms with E-state index in [4.69, 9.17) is 5.73 Å². The molecule has 0 radical (unpaired) electrons. The third-order valence-electron chi connectivity index (χ3n) is 2.80. The Morgan fingerprint density at radius 1 is 1.47 bits per heavy atom. The van der Waals surface area contributed by atoms with Gasteiger partial charge in [0.05, 0.1) is 10.9 Å². The number of hydrogen-bond acceptors (Lipinski definition) is 4. The normalized spacial score (nSPS) is 13.6. The fraction of sp³-hybridized carbons (Fsp3) is 0.364. The third kappa shape index (κ3) is 3.03. The molecular weight excluding hydrogens is 266 g/mol. The van der Waals surface area contributed by atoms with Gasteiger partial charge in [-0.1, -0.05) is 6.92 Å². The van der Waals surface area contributed by atoms with E-state index >= 15 is 0 Å². The first-order chi connectivity index (χ1) is 9.06. The summed E-state index contributed by atoms with van der Waals surface area (Å²) in [6, 6.07) is 1.15. The Morgan fingerprint density at radius 3 is 2.79 bits per heavy atom. The Bertz CT molecular complexity index is 617. The molecule has 0 bridgehead atoms. The zero-order valence-electron chi connectivity index (χ0n) is 10.6. The van der Waals surface area contributed by atoms with Crippen molar-refractivity contribution in [2.45, 2.75) is 30.8 Å². The highest BCUT2D eigenvalue weighted by Crippen LogP contribution is 2.17. The molecule has 7 nitrogen and oxygen atoms in total. The lowest BCUT2D eigenvalue weighted by Crippen LogP contribution is -2.28. The number of aromatic nitrogens is 3. The van der Waals surface area contributed by atoms with Crippen molar-refractivity contribution in [1.29, 1.82) is 0 Å².